The van der Waals surface area contributed by atoms with Gasteiger partial charge in [-0.05, 0) is 18.8 Å². The minimum absolute atomic E-state index is 0.0102. The summed E-state index contributed by atoms with van der Waals surface area (Å²) in [4.78, 5) is 22.0. The Morgan fingerprint density at radius 2 is 2.16 bits per heavy atom. The number of carbonyl (C=O) groups excluding carboxylic acids is 1. The van der Waals surface area contributed by atoms with Gasteiger partial charge in [-0.3, -0.25) is 4.79 Å². The summed E-state index contributed by atoms with van der Waals surface area (Å²) in [6, 6.07) is -0.960. The van der Waals surface area contributed by atoms with E-state index in [-0.39, 0.29) is 19.1 Å². The Balaban J connectivity index is 2.59. The van der Waals surface area contributed by atoms with Gasteiger partial charge in [-0.1, -0.05) is 19.8 Å². The molecule has 1 rings (SSSR count). The molecule has 4 N–H and O–H groups in total. The molecule has 1 saturated carbocycles. The van der Waals surface area contributed by atoms with Crippen LogP contribution < -0.4 is 10.6 Å². The van der Waals surface area contributed by atoms with Gasteiger partial charge in [-0.25, -0.2) is 4.79 Å². The topological polar surface area (TPSA) is 98.7 Å². The highest BCUT2D eigenvalue weighted by Crippen LogP contribution is 2.31. The Morgan fingerprint density at radius 1 is 1.47 bits per heavy atom. The van der Waals surface area contributed by atoms with E-state index in [0.29, 0.717) is 5.92 Å². The van der Waals surface area contributed by atoms with Crippen molar-refractivity contribution in [2.24, 2.45) is 5.92 Å². The molecule has 0 aliphatic heterocycles. The maximum absolute atomic E-state index is 11.0. The summed E-state index contributed by atoms with van der Waals surface area (Å²) in [7, 11) is 0. The van der Waals surface area contributed by atoms with E-state index in [0.717, 1.165) is 25.7 Å². The van der Waals surface area contributed by atoms with Gasteiger partial charge in [0.25, 0.3) is 0 Å². The van der Waals surface area contributed by atoms with Gasteiger partial charge >= 0.3 is 5.97 Å². The zero-order valence-corrected chi connectivity index (χ0v) is 11.6. The van der Waals surface area contributed by atoms with E-state index in [4.69, 9.17) is 5.11 Å². The van der Waals surface area contributed by atoms with Crippen LogP contribution in [0.15, 0.2) is 0 Å². The Hall–Kier alpha value is -1.14. The van der Waals surface area contributed by atoms with Crippen molar-refractivity contribution in [3.63, 3.8) is 0 Å². The number of carboxylic acid groups (broad SMARTS) is 1. The van der Waals surface area contributed by atoms with Crippen LogP contribution in [-0.2, 0) is 9.59 Å². The highest BCUT2D eigenvalue weighted by Gasteiger charge is 2.35. The first-order chi connectivity index (χ1) is 8.88. The lowest BCUT2D eigenvalue weighted by Gasteiger charge is -2.40. The van der Waals surface area contributed by atoms with E-state index in [1.54, 1.807) is 0 Å². The van der Waals surface area contributed by atoms with Crippen molar-refractivity contribution in [1.82, 2.24) is 10.6 Å². The standard InChI is InChI=1S/C13H24N2O4/c1-9-4-3-5-13(6-9,8-16)14-7-11(12(18)19)15-10(2)17/h9,11,14,16H,3-8H2,1-2H3,(H,15,17)(H,18,19). The third-order valence-electron chi connectivity index (χ3n) is 3.75. The molecule has 0 saturated heterocycles. The van der Waals surface area contributed by atoms with Gasteiger partial charge in [-0.15, -0.1) is 0 Å². The first-order valence-corrected chi connectivity index (χ1v) is 6.74. The molecule has 1 aliphatic carbocycles. The second-order valence-corrected chi connectivity index (χ2v) is 5.61. The van der Waals surface area contributed by atoms with E-state index in [1.807, 2.05) is 0 Å². The van der Waals surface area contributed by atoms with Gasteiger partial charge in [0, 0.05) is 19.0 Å². The van der Waals surface area contributed by atoms with Crippen LogP contribution in [0.1, 0.15) is 39.5 Å². The fraction of sp³-hybridized carbons (Fsp3) is 0.846. The number of hydrogen-bond acceptors (Lipinski definition) is 4. The van der Waals surface area contributed by atoms with Gasteiger partial charge in [0.05, 0.1) is 6.61 Å². The molecule has 0 aromatic rings. The molecule has 0 bridgehead atoms. The normalized spacial score (nSPS) is 28.7. The summed E-state index contributed by atoms with van der Waals surface area (Å²) in [5.41, 5.74) is -0.413. The van der Waals surface area contributed by atoms with E-state index < -0.39 is 17.6 Å². The summed E-state index contributed by atoms with van der Waals surface area (Å²) in [6.45, 7) is 3.54. The lowest BCUT2D eigenvalue weighted by molar-refractivity contribution is -0.141. The molecular weight excluding hydrogens is 248 g/mol. The van der Waals surface area contributed by atoms with E-state index in [9.17, 15) is 14.7 Å². The van der Waals surface area contributed by atoms with Crippen LogP contribution in [0, 0.1) is 5.92 Å². The Kier molecular flexibility index (Phi) is 5.75. The summed E-state index contributed by atoms with van der Waals surface area (Å²) in [6.07, 6.45) is 3.82. The quantitative estimate of drug-likeness (QED) is 0.550. The van der Waals surface area contributed by atoms with Crippen molar-refractivity contribution in [3.8, 4) is 0 Å². The average Bonchev–Trinajstić information content (AvgIpc) is 2.34. The Morgan fingerprint density at radius 3 is 2.63 bits per heavy atom. The van der Waals surface area contributed by atoms with E-state index >= 15 is 0 Å². The molecule has 1 amide bonds. The smallest absolute Gasteiger partial charge is 0.327 e. The van der Waals surface area contributed by atoms with Gasteiger partial charge in [-0.2, -0.15) is 0 Å². The lowest BCUT2D eigenvalue weighted by atomic mass is 9.76. The molecule has 19 heavy (non-hydrogen) atoms. The molecule has 3 atom stereocenters. The summed E-state index contributed by atoms with van der Waals surface area (Å²) in [5, 5.41) is 24.2. The summed E-state index contributed by atoms with van der Waals surface area (Å²) in [5.74, 6) is -0.929. The van der Waals surface area contributed by atoms with Crippen LogP contribution in [-0.4, -0.2) is 46.8 Å². The molecule has 6 nitrogen and oxygen atoms in total. The van der Waals surface area contributed by atoms with Gasteiger partial charge in [0.2, 0.25) is 5.91 Å². The van der Waals surface area contributed by atoms with Gasteiger partial charge < -0.3 is 20.8 Å². The maximum atomic E-state index is 11.0. The van der Waals surface area contributed by atoms with Crippen molar-refractivity contribution >= 4 is 11.9 Å². The molecule has 0 aromatic carbocycles. The Labute approximate surface area is 113 Å². The largest absolute Gasteiger partial charge is 0.480 e. The number of carboxylic acids is 1. The van der Waals surface area contributed by atoms with Gasteiger partial charge in [0.1, 0.15) is 6.04 Å². The van der Waals surface area contributed by atoms with Crippen LogP contribution >= 0.6 is 0 Å². The molecule has 3 unspecified atom stereocenters. The summed E-state index contributed by atoms with van der Waals surface area (Å²) >= 11 is 0. The number of aliphatic hydroxyl groups excluding tert-OH is 1. The predicted octanol–water partition coefficient (Wildman–Crippen LogP) is 0.106. The minimum Gasteiger partial charge on any atom is -0.480 e. The third-order valence-corrected chi connectivity index (χ3v) is 3.75. The molecule has 1 aliphatic rings. The van der Waals surface area contributed by atoms with Crippen molar-refractivity contribution in [1.29, 1.82) is 0 Å². The number of hydrogen-bond donors (Lipinski definition) is 4. The fourth-order valence-corrected chi connectivity index (χ4v) is 2.78. The zero-order chi connectivity index (χ0) is 14.5. The second kappa shape index (κ2) is 6.86. The van der Waals surface area contributed by atoms with Crippen LogP contribution in [0.5, 0.6) is 0 Å². The SMILES string of the molecule is CC(=O)NC(CNC1(CO)CCCC(C)C1)C(=O)O. The number of rotatable bonds is 6. The maximum Gasteiger partial charge on any atom is 0.327 e. The third kappa shape index (κ3) is 4.80. The second-order valence-electron chi connectivity index (χ2n) is 5.61. The molecule has 0 spiro atoms. The predicted molar refractivity (Wildman–Crippen MR) is 70.7 cm³/mol. The highest BCUT2D eigenvalue weighted by atomic mass is 16.4. The number of carbonyl (C=O) groups is 2. The molecule has 6 heteroatoms. The molecule has 0 aromatic heterocycles. The van der Waals surface area contributed by atoms with Crippen molar-refractivity contribution in [3.05, 3.63) is 0 Å². The number of aliphatic carboxylic acids is 1. The lowest BCUT2D eigenvalue weighted by Crippen LogP contribution is -2.57. The zero-order valence-electron chi connectivity index (χ0n) is 11.6. The van der Waals surface area contributed by atoms with Crippen LogP contribution in [0.2, 0.25) is 0 Å². The molecule has 110 valence electrons. The Bertz CT molecular complexity index is 335. The number of nitrogens with one attached hydrogen (secondary N) is 2. The monoisotopic (exact) mass is 272 g/mol. The number of amides is 1. The first-order valence-electron chi connectivity index (χ1n) is 6.74. The van der Waals surface area contributed by atoms with Crippen molar-refractivity contribution < 1.29 is 19.8 Å². The van der Waals surface area contributed by atoms with Crippen LogP contribution in [0.4, 0.5) is 0 Å². The molecule has 0 heterocycles. The van der Waals surface area contributed by atoms with E-state index in [2.05, 4.69) is 17.6 Å². The first kappa shape index (κ1) is 15.9. The average molecular weight is 272 g/mol. The van der Waals surface area contributed by atoms with Crippen LogP contribution in [0.3, 0.4) is 0 Å². The van der Waals surface area contributed by atoms with Crippen molar-refractivity contribution in [2.45, 2.75) is 51.1 Å². The molecular formula is C13H24N2O4. The molecule has 1 fully saturated rings. The molecule has 0 radical (unpaired) electrons. The minimum atomic E-state index is -1.07. The summed E-state index contributed by atoms with van der Waals surface area (Å²) < 4.78 is 0. The highest BCUT2D eigenvalue weighted by molar-refractivity contribution is 5.82. The van der Waals surface area contributed by atoms with Crippen LogP contribution in [0.25, 0.3) is 0 Å². The van der Waals surface area contributed by atoms with Crippen molar-refractivity contribution in [2.75, 3.05) is 13.2 Å². The number of aliphatic hydroxyl groups is 1. The fourth-order valence-electron chi connectivity index (χ4n) is 2.78. The van der Waals surface area contributed by atoms with E-state index in [1.165, 1.54) is 6.92 Å². The van der Waals surface area contributed by atoms with Gasteiger partial charge in [0.15, 0.2) is 0 Å².